The van der Waals surface area contributed by atoms with Gasteiger partial charge in [0.05, 0.1) is 16.4 Å². The van der Waals surface area contributed by atoms with Crippen molar-refractivity contribution in [2.24, 2.45) is 0 Å². The van der Waals surface area contributed by atoms with Crippen molar-refractivity contribution in [2.75, 3.05) is 13.7 Å². The summed E-state index contributed by atoms with van der Waals surface area (Å²) in [5.41, 5.74) is 2.33. The molecule has 1 atom stereocenters. The van der Waals surface area contributed by atoms with Crippen LogP contribution in [0, 0.1) is 0 Å². The molecule has 2 aromatic rings. The van der Waals surface area contributed by atoms with Crippen molar-refractivity contribution in [2.45, 2.75) is 12.5 Å². The number of nitrogens with one attached hydrogen (secondary N) is 1. The molecule has 0 aliphatic carbocycles. The smallest absolute Gasteiger partial charge is 0.127 e. The lowest BCUT2D eigenvalue weighted by Gasteiger charge is -2.18. The Morgan fingerprint density at radius 2 is 2.26 bits per heavy atom. The van der Waals surface area contributed by atoms with Gasteiger partial charge < -0.3 is 10.1 Å². The van der Waals surface area contributed by atoms with Gasteiger partial charge >= 0.3 is 0 Å². The van der Waals surface area contributed by atoms with Crippen LogP contribution in [0.4, 0.5) is 0 Å². The molecule has 1 N–H and O–H groups in total. The molecule has 1 aromatic heterocycles. The minimum absolute atomic E-state index is 0.113. The second-order valence-electron chi connectivity index (χ2n) is 4.45. The van der Waals surface area contributed by atoms with Crippen LogP contribution in [0.25, 0.3) is 0 Å². The molecular formula is C14H13BrClNOS. The van der Waals surface area contributed by atoms with E-state index in [0.29, 0.717) is 0 Å². The van der Waals surface area contributed by atoms with E-state index in [9.17, 15) is 0 Å². The number of fused-ring (bicyclic) bond motifs is 1. The van der Waals surface area contributed by atoms with E-state index in [1.54, 1.807) is 11.3 Å². The predicted octanol–water partition coefficient (Wildman–Crippen LogP) is 4.41. The van der Waals surface area contributed by atoms with Gasteiger partial charge in [0.1, 0.15) is 5.75 Å². The first-order valence-corrected chi connectivity index (χ1v) is 8.05. The molecule has 0 saturated heterocycles. The van der Waals surface area contributed by atoms with Crippen molar-refractivity contribution in [3.8, 4) is 5.75 Å². The van der Waals surface area contributed by atoms with Crippen molar-refractivity contribution >= 4 is 38.9 Å². The minimum atomic E-state index is 0.113. The van der Waals surface area contributed by atoms with E-state index in [1.807, 2.05) is 19.2 Å². The van der Waals surface area contributed by atoms with E-state index in [0.717, 1.165) is 33.1 Å². The van der Waals surface area contributed by atoms with Gasteiger partial charge in [0.25, 0.3) is 0 Å². The predicted molar refractivity (Wildman–Crippen MR) is 83.6 cm³/mol. The molecule has 1 unspecified atom stereocenters. The molecule has 2 nitrogen and oxygen atoms in total. The zero-order valence-electron chi connectivity index (χ0n) is 10.4. The van der Waals surface area contributed by atoms with Crippen molar-refractivity contribution in [1.29, 1.82) is 0 Å². The maximum Gasteiger partial charge on any atom is 0.127 e. The zero-order valence-corrected chi connectivity index (χ0v) is 13.5. The SMILES string of the molecule is CNC(c1ccc(Br)s1)c1cc(Cl)cc2c1OCC2. The van der Waals surface area contributed by atoms with Gasteiger partial charge in [-0.1, -0.05) is 11.6 Å². The first kappa shape index (κ1) is 13.4. The van der Waals surface area contributed by atoms with Gasteiger partial charge in [-0.2, -0.15) is 0 Å². The molecule has 100 valence electrons. The summed E-state index contributed by atoms with van der Waals surface area (Å²) in [5, 5.41) is 4.13. The van der Waals surface area contributed by atoms with E-state index in [1.165, 1.54) is 10.4 Å². The fourth-order valence-electron chi connectivity index (χ4n) is 2.45. The van der Waals surface area contributed by atoms with Crippen LogP contribution in [0.5, 0.6) is 5.75 Å². The Morgan fingerprint density at radius 3 is 2.95 bits per heavy atom. The molecule has 5 heteroatoms. The molecular weight excluding hydrogens is 346 g/mol. The Balaban J connectivity index is 2.09. The van der Waals surface area contributed by atoms with Gasteiger partial charge in [0.2, 0.25) is 0 Å². The van der Waals surface area contributed by atoms with Gasteiger partial charge in [0.15, 0.2) is 0 Å². The highest BCUT2D eigenvalue weighted by atomic mass is 79.9. The average molecular weight is 359 g/mol. The fourth-order valence-corrected chi connectivity index (χ4v) is 4.25. The molecule has 0 bridgehead atoms. The average Bonchev–Trinajstić information content (AvgIpc) is 2.99. The molecule has 0 radical (unpaired) electrons. The summed E-state index contributed by atoms with van der Waals surface area (Å²) < 4.78 is 6.92. The summed E-state index contributed by atoms with van der Waals surface area (Å²) in [5.74, 6) is 0.994. The Hall–Kier alpha value is -0.550. The van der Waals surface area contributed by atoms with Crippen LogP contribution in [0.15, 0.2) is 28.1 Å². The van der Waals surface area contributed by atoms with Crippen molar-refractivity contribution < 1.29 is 4.74 Å². The third kappa shape index (κ3) is 2.55. The molecule has 2 heterocycles. The highest BCUT2D eigenvalue weighted by Crippen LogP contribution is 2.40. The number of hydrogen-bond acceptors (Lipinski definition) is 3. The number of rotatable bonds is 3. The number of ether oxygens (including phenoxy) is 1. The van der Waals surface area contributed by atoms with Crippen LogP contribution >= 0.6 is 38.9 Å². The van der Waals surface area contributed by atoms with Crippen molar-refractivity contribution in [3.63, 3.8) is 0 Å². The second kappa shape index (κ2) is 5.44. The van der Waals surface area contributed by atoms with E-state index >= 15 is 0 Å². The van der Waals surface area contributed by atoms with Crippen LogP contribution in [0.1, 0.15) is 22.0 Å². The standard InChI is InChI=1S/C14H13BrClNOS/c1-17-13(11-2-3-12(15)19-11)10-7-9(16)6-8-4-5-18-14(8)10/h2-3,6-7,13,17H,4-5H2,1H3. The Morgan fingerprint density at radius 1 is 1.42 bits per heavy atom. The zero-order chi connectivity index (χ0) is 13.4. The Bertz CT molecular complexity index is 613. The largest absolute Gasteiger partial charge is 0.493 e. The summed E-state index contributed by atoms with van der Waals surface area (Å²) in [4.78, 5) is 1.24. The quantitative estimate of drug-likeness (QED) is 0.877. The van der Waals surface area contributed by atoms with Crippen LogP contribution in [-0.4, -0.2) is 13.7 Å². The topological polar surface area (TPSA) is 21.3 Å². The van der Waals surface area contributed by atoms with E-state index in [2.05, 4.69) is 33.4 Å². The van der Waals surface area contributed by atoms with Crippen molar-refractivity contribution in [3.05, 3.63) is 49.1 Å². The minimum Gasteiger partial charge on any atom is -0.493 e. The summed E-state index contributed by atoms with van der Waals surface area (Å²) in [7, 11) is 1.96. The monoisotopic (exact) mass is 357 g/mol. The molecule has 1 aromatic carbocycles. The lowest BCUT2D eigenvalue weighted by atomic mass is 10.0. The lowest BCUT2D eigenvalue weighted by Crippen LogP contribution is -2.17. The molecule has 19 heavy (non-hydrogen) atoms. The number of thiophene rings is 1. The van der Waals surface area contributed by atoms with Crippen LogP contribution in [-0.2, 0) is 6.42 Å². The fraction of sp³-hybridized carbons (Fsp3) is 0.286. The van der Waals surface area contributed by atoms with E-state index in [-0.39, 0.29) is 6.04 Å². The molecule has 0 spiro atoms. The molecule has 1 aliphatic heterocycles. The van der Waals surface area contributed by atoms with Gasteiger partial charge in [0, 0.05) is 21.9 Å². The summed E-state index contributed by atoms with van der Waals surface area (Å²) >= 11 is 11.5. The molecule has 3 rings (SSSR count). The molecule has 1 aliphatic rings. The number of benzene rings is 1. The van der Waals surface area contributed by atoms with Gasteiger partial charge in [-0.05, 0) is 52.8 Å². The normalized spacial score (nSPS) is 15.1. The summed E-state index contributed by atoms with van der Waals surface area (Å²) in [6.45, 7) is 0.743. The maximum atomic E-state index is 6.23. The van der Waals surface area contributed by atoms with E-state index in [4.69, 9.17) is 16.3 Å². The van der Waals surface area contributed by atoms with Crippen LogP contribution < -0.4 is 10.1 Å². The molecule has 0 fully saturated rings. The molecule has 0 amide bonds. The van der Waals surface area contributed by atoms with Crippen LogP contribution in [0.2, 0.25) is 5.02 Å². The first-order chi connectivity index (χ1) is 9.19. The lowest BCUT2D eigenvalue weighted by molar-refractivity contribution is 0.351. The van der Waals surface area contributed by atoms with Crippen molar-refractivity contribution in [1.82, 2.24) is 5.32 Å². The van der Waals surface area contributed by atoms with Crippen LogP contribution in [0.3, 0.4) is 0 Å². The Labute approximate surface area is 129 Å². The van der Waals surface area contributed by atoms with Gasteiger partial charge in [-0.15, -0.1) is 11.3 Å². The Kier molecular flexibility index (Phi) is 3.85. The summed E-state index contributed by atoms with van der Waals surface area (Å²) in [6, 6.07) is 8.31. The van der Waals surface area contributed by atoms with E-state index < -0.39 is 0 Å². The highest BCUT2D eigenvalue weighted by Gasteiger charge is 2.24. The third-order valence-corrected chi connectivity index (χ3v) is 5.16. The van der Waals surface area contributed by atoms with Gasteiger partial charge in [-0.3, -0.25) is 0 Å². The number of halogens is 2. The van der Waals surface area contributed by atoms with Gasteiger partial charge in [-0.25, -0.2) is 0 Å². The maximum absolute atomic E-state index is 6.23. The summed E-state index contributed by atoms with van der Waals surface area (Å²) in [6.07, 6.45) is 0.938. The third-order valence-electron chi connectivity index (χ3n) is 3.26. The second-order valence-corrected chi connectivity index (χ2v) is 7.38. The first-order valence-electron chi connectivity index (χ1n) is 6.06. The highest BCUT2D eigenvalue weighted by molar-refractivity contribution is 9.11. The number of hydrogen-bond donors (Lipinski definition) is 1. The molecule has 0 saturated carbocycles.